The van der Waals surface area contributed by atoms with Crippen molar-refractivity contribution in [3.63, 3.8) is 0 Å². The zero-order chi connectivity index (χ0) is 13.5. The predicted molar refractivity (Wildman–Crippen MR) is 88.9 cm³/mol. The fourth-order valence-electron chi connectivity index (χ4n) is 2.39. The van der Waals surface area contributed by atoms with Gasteiger partial charge in [-0.15, -0.1) is 22.7 Å². The number of thiophene rings is 1. The average molecular weight is 294 g/mol. The van der Waals surface area contributed by atoms with Gasteiger partial charge in [0, 0.05) is 21.0 Å². The third-order valence-electron chi connectivity index (χ3n) is 3.33. The molecule has 0 bridgehead atoms. The Bertz CT molecular complexity index is 965. The molecule has 3 heteroatoms. The van der Waals surface area contributed by atoms with Crippen molar-refractivity contribution in [1.29, 1.82) is 0 Å². The molecule has 0 N–H and O–H groups in total. The summed E-state index contributed by atoms with van der Waals surface area (Å²) >= 11 is 3.40. The monoisotopic (exact) mass is 294 g/mol. The second kappa shape index (κ2) is 4.54. The van der Waals surface area contributed by atoms with Gasteiger partial charge in [0.2, 0.25) is 0 Å². The van der Waals surface area contributed by atoms with E-state index in [1.54, 1.807) is 28.7 Å². The van der Waals surface area contributed by atoms with Crippen molar-refractivity contribution < 1.29 is 0 Å². The molecule has 1 nitrogen and oxygen atoms in total. The topological polar surface area (TPSA) is 17.1 Å². The molecule has 4 aromatic rings. The molecule has 0 aliphatic rings. The highest BCUT2D eigenvalue weighted by Crippen LogP contribution is 2.37. The lowest BCUT2D eigenvalue weighted by molar-refractivity contribution is 1.67. The molecule has 0 saturated heterocycles. The van der Waals surface area contributed by atoms with Crippen LogP contribution in [0.3, 0.4) is 0 Å². The minimum absolute atomic E-state index is 0.120. The largest absolute Gasteiger partial charge is 0.289 e. The highest BCUT2D eigenvalue weighted by Gasteiger charge is 2.10. The molecule has 0 unspecified atom stereocenters. The summed E-state index contributed by atoms with van der Waals surface area (Å²) in [5.74, 6) is 0. The number of benzene rings is 2. The van der Waals surface area contributed by atoms with Crippen LogP contribution in [0.2, 0.25) is 0 Å². The van der Waals surface area contributed by atoms with Gasteiger partial charge in [-0.05, 0) is 11.6 Å². The molecule has 0 aliphatic carbocycles. The Labute approximate surface area is 123 Å². The molecule has 2 heterocycles. The molecule has 0 saturated carbocycles. The van der Waals surface area contributed by atoms with Crippen LogP contribution in [0.15, 0.2) is 65.5 Å². The average Bonchev–Trinajstić information content (AvgIpc) is 2.87. The Hall–Kier alpha value is -1.97. The summed E-state index contributed by atoms with van der Waals surface area (Å²) in [6.45, 7) is 0. The maximum absolute atomic E-state index is 12.5. The molecule has 0 spiro atoms. The number of hydrogen-bond donors (Lipinski definition) is 0. The van der Waals surface area contributed by atoms with Crippen LogP contribution in [0.4, 0.5) is 0 Å². The molecule has 0 aliphatic heterocycles. The van der Waals surface area contributed by atoms with Gasteiger partial charge in [-0.1, -0.05) is 48.5 Å². The van der Waals surface area contributed by atoms with Crippen LogP contribution < -0.4 is 5.43 Å². The second-order valence-corrected chi connectivity index (χ2v) is 6.96. The van der Waals surface area contributed by atoms with Gasteiger partial charge in [0.15, 0.2) is 5.43 Å². The summed E-state index contributed by atoms with van der Waals surface area (Å²) in [5, 5.41) is 1.95. The Morgan fingerprint density at radius 3 is 2.40 bits per heavy atom. The van der Waals surface area contributed by atoms with Gasteiger partial charge in [0.25, 0.3) is 0 Å². The van der Waals surface area contributed by atoms with E-state index in [1.165, 1.54) is 4.70 Å². The number of fused-ring (bicyclic) bond motifs is 3. The SMILES string of the molecule is O=c1cc(-c2ccccc2)sc2sc3ccccc3c12. The van der Waals surface area contributed by atoms with Crippen molar-refractivity contribution in [2.75, 3.05) is 0 Å². The molecule has 4 rings (SSSR count). The summed E-state index contributed by atoms with van der Waals surface area (Å²) in [6, 6.07) is 20.0. The van der Waals surface area contributed by atoms with E-state index < -0.39 is 0 Å². The molecular formula is C17H10OS2. The molecule has 96 valence electrons. The third kappa shape index (κ3) is 1.79. The third-order valence-corrected chi connectivity index (χ3v) is 5.76. The minimum atomic E-state index is 0.120. The lowest BCUT2D eigenvalue weighted by Crippen LogP contribution is -1.97. The first-order valence-corrected chi connectivity index (χ1v) is 7.97. The van der Waals surface area contributed by atoms with Gasteiger partial charge in [-0.25, -0.2) is 0 Å². The van der Waals surface area contributed by atoms with Crippen molar-refractivity contribution >= 4 is 42.2 Å². The van der Waals surface area contributed by atoms with Gasteiger partial charge >= 0.3 is 0 Å². The van der Waals surface area contributed by atoms with Crippen molar-refractivity contribution in [2.45, 2.75) is 0 Å². The maximum Gasteiger partial charge on any atom is 0.190 e. The van der Waals surface area contributed by atoms with Gasteiger partial charge in [0.05, 0.1) is 9.40 Å². The summed E-state index contributed by atoms with van der Waals surface area (Å²) < 4.78 is 2.29. The van der Waals surface area contributed by atoms with Crippen molar-refractivity contribution in [3.05, 3.63) is 70.9 Å². The molecule has 2 aromatic heterocycles. The first kappa shape index (κ1) is 11.8. The van der Waals surface area contributed by atoms with Crippen LogP contribution in [0.25, 0.3) is 29.9 Å². The van der Waals surface area contributed by atoms with Crippen LogP contribution in [0.5, 0.6) is 0 Å². The lowest BCUT2D eigenvalue weighted by Gasteiger charge is -1.99. The molecule has 0 atom stereocenters. The first-order chi connectivity index (χ1) is 9.83. The standard InChI is InChI=1S/C17H10OS2/c18-13-10-15(11-6-2-1-3-7-11)20-17-16(13)12-8-4-5-9-14(12)19-17/h1-10H. The predicted octanol–water partition coefficient (Wildman–Crippen LogP) is 5.14. The van der Waals surface area contributed by atoms with E-state index in [1.807, 2.05) is 48.5 Å². The second-order valence-electron chi connectivity index (χ2n) is 4.60. The van der Waals surface area contributed by atoms with Crippen molar-refractivity contribution in [1.82, 2.24) is 0 Å². The quantitative estimate of drug-likeness (QED) is 0.475. The van der Waals surface area contributed by atoms with Gasteiger partial charge in [0.1, 0.15) is 0 Å². The normalized spacial score (nSPS) is 11.2. The van der Waals surface area contributed by atoms with Crippen LogP contribution in [-0.4, -0.2) is 0 Å². The van der Waals surface area contributed by atoms with E-state index in [0.717, 1.165) is 25.2 Å². The van der Waals surface area contributed by atoms with Crippen molar-refractivity contribution in [2.24, 2.45) is 0 Å². The first-order valence-electron chi connectivity index (χ1n) is 6.34. The van der Waals surface area contributed by atoms with Gasteiger partial charge in [-0.2, -0.15) is 0 Å². The van der Waals surface area contributed by atoms with E-state index in [0.29, 0.717) is 0 Å². The molecule has 0 fully saturated rings. The molecule has 0 amide bonds. The number of rotatable bonds is 1. The Balaban J connectivity index is 2.09. The zero-order valence-electron chi connectivity index (χ0n) is 10.5. The van der Waals surface area contributed by atoms with Crippen LogP contribution >= 0.6 is 22.7 Å². The van der Waals surface area contributed by atoms with Crippen LogP contribution in [0.1, 0.15) is 0 Å². The molecule has 0 radical (unpaired) electrons. The fourth-order valence-corrected chi connectivity index (χ4v) is 4.97. The van der Waals surface area contributed by atoms with E-state index in [-0.39, 0.29) is 5.43 Å². The Morgan fingerprint density at radius 1 is 0.800 bits per heavy atom. The van der Waals surface area contributed by atoms with E-state index in [2.05, 4.69) is 6.07 Å². The summed E-state index contributed by atoms with van der Waals surface area (Å²) in [5.41, 5.74) is 1.23. The lowest BCUT2D eigenvalue weighted by atomic mass is 10.1. The summed E-state index contributed by atoms with van der Waals surface area (Å²) in [6.07, 6.45) is 0. The van der Waals surface area contributed by atoms with Crippen molar-refractivity contribution in [3.8, 4) is 10.4 Å². The highest BCUT2D eigenvalue weighted by molar-refractivity contribution is 7.42. The smallest absolute Gasteiger partial charge is 0.190 e. The van der Waals surface area contributed by atoms with Gasteiger partial charge in [-0.3, -0.25) is 4.79 Å². The van der Waals surface area contributed by atoms with Gasteiger partial charge < -0.3 is 0 Å². The van der Waals surface area contributed by atoms with E-state index in [9.17, 15) is 4.79 Å². The Kier molecular flexibility index (Phi) is 2.69. The highest BCUT2D eigenvalue weighted by atomic mass is 32.2. The Morgan fingerprint density at radius 2 is 1.55 bits per heavy atom. The van der Waals surface area contributed by atoms with E-state index >= 15 is 0 Å². The molecule has 2 aromatic carbocycles. The summed E-state index contributed by atoms with van der Waals surface area (Å²) in [4.78, 5) is 13.5. The summed E-state index contributed by atoms with van der Waals surface area (Å²) in [7, 11) is 0. The zero-order valence-corrected chi connectivity index (χ0v) is 12.1. The maximum atomic E-state index is 12.5. The molecule has 20 heavy (non-hydrogen) atoms. The number of hydrogen-bond acceptors (Lipinski definition) is 3. The minimum Gasteiger partial charge on any atom is -0.289 e. The molecular weight excluding hydrogens is 284 g/mol. The fraction of sp³-hybridized carbons (Fsp3) is 0. The van der Waals surface area contributed by atoms with E-state index in [4.69, 9.17) is 0 Å². The van der Waals surface area contributed by atoms with Crippen LogP contribution in [0, 0.1) is 0 Å². The van der Waals surface area contributed by atoms with Crippen LogP contribution in [-0.2, 0) is 0 Å².